The van der Waals surface area contributed by atoms with E-state index < -0.39 is 0 Å². The number of hydrogen-bond acceptors (Lipinski definition) is 3. The molecule has 2 rings (SSSR count). The van der Waals surface area contributed by atoms with E-state index in [0.29, 0.717) is 13.2 Å². The van der Waals surface area contributed by atoms with Gasteiger partial charge in [0.05, 0.1) is 13.2 Å². The minimum atomic E-state index is 0.222. The van der Waals surface area contributed by atoms with E-state index in [1.54, 1.807) is 0 Å². The lowest BCUT2D eigenvalue weighted by atomic mass is 10.1. The zero-order valence-electron chi connectivity index (χ0n) is 30.7. The van der Waals surface area contributed by atoms with Crippen molar-refractivity contribution < 1.29 is 14.2 Å². The summed E-state index contributed by atoms with van der Waals surface area (Å²) >= 11 is 4.97. The van der Waals surface area contributed by atoms with Gasteiger partial charge in [-0.2, -0.15) is 0 Å². The predicted octanol–water partition coefficient (Wildman–Crippen LogP) is 14.8. The minimum absolute atomic E-state index is 0.222. The number of allylic oxidation sites excluding steroid dienone is 2. The summed E-state index contributed by atoms with van der Waals surface area (Å²) in [5.74, 6) is 0. The Balaban J connectivity index is 1.44. The summed E-state index contributed by atoms with van der Waals surface area (Å²) in [6.07, 6.45) is 39.3. The molecule has 0 fully saturated rings. The summed E-state index contributed by atoms with van der Waals surface area (Å²) < 4.78 is 19.7. The number of hydrogen-bond donors (Lipinski definition) is 0. The van der Waals surface area contributed by atoms with Crippen molar-refractivity contribution in [3.63, 3.8) is 0 Å². The molecule has 0 aliphatic carbocycles. The fourth-order valence-corrected chi connectivity index (χ4v) is 7.10. The maximum Gasteiger partial charge on any atom is 0.150 e. The zero-order valence-corrected chi connectivity index (χ0v) is 35.0. The van der Waals surface area contributed by atoms with Crippen LogP contribution in [-0.4, -0.2) is 22.4 Å². The van der Waals surface area contributed by atoms with Gasteiger partial charge in [0.2, 0.25) is 0 Å². The summed E-state index contributed by atoms with van der Waals surface area (Å²) in [5.41, 5.74) is 4.79. The van der Waals surface area contributed by atoms with Crippen molar-refractivity contribution in [2.75, 3.05) is 22.4 Å². The smallest absolute Gasteiger partial charge is 0.150 e. The van der Waals surface area contributed by atoms with Gasteiger partial charge in [-0.3, -0.25) is 0 Å². The molecule has 0 amide bonds. The van der Waals surface area contributed by atoms with E-state index in [0.717, 1.165) is 24.0 Å². The lowest BCUT2D eigenvalue weighted by Gasteiger charge is -2.08. The van der Waals surface area contributed by atoms with E-state index >= 15 is 0 Å². The van der Waals surface area contributed by atoms with Crippen molar-refractivity contribution in [1.82, 2.24) is 0 Å². The molecular formula is C44H68I2O3. The van der Waals surface area contributed by atoms with E-state index in [4.69, 9.17) is 14.2 Å². The highest BCUT2D eigenvalue weighted by Crippen LogP contribution is 2.15. The highest BCUT2D eigenvalue weighted by molar-refractivity contribution is 14.1. The van der Waals surface area contributed by atoms with Crippen LogP contribution in [-0.2, 0) is 27.4 Å². The molecule has 0 unspecified atom stereocenters. The SMILES string of the molecule is ICCCCCCCCCCCCC=Cc1cccc(COCOCOCc2cccc(C=CCCCCCCCCCCCCI)c2)c1. The Morgan fingerprint density at radius 1 is 0.408 bits per heavy atom. The molecule has 49 heavy (non-hydrogen) atoms. The first kappa shape index (κ1) is 44.4. The Morgan fingerprint density at radius 3 is 1.12 bits per heavy atom. The lowest BCUT2D eigenvalue weighted by molar-refractivity contribution is -0.139. The number of benzene rings is 2. The first-order valence-corrected chi connectivity index (χ1v) is 22.7. The third-order valence-corrected chi connectivity index (χ3v) is 10.4. The van der Waals surface area contributed by atoms with Crippen LogP contribution in [0.3, 0.4) is 0 Å². The number of halogens is 2. The first-order chi connectivity index (χ1) is 24.3. The molecule has 3 nitrogen and oxygen atoms in total. The van der Waals surface area contributed by atoms with E-state index in [1.807, 2.05) is 0 Å². The normalized spacial score (nSPS) is 11.8. The molecule has 276 valence electrons. The third kappa shape index (κ3) is 27.6. The maximum atomic E-state index is 5.75. The molecule has 0 radical (unpaired) electrons. The van der Waals surface area contributed by atoms with Crippen molar-refractivity contribution in [3.8, 4) is 0 Å². The average molecular weight is 899 g/mol. The summed E-state index contributed by atoms with van der Waals surface area (Å²) in [6, 6.07) is 17.1. The van der Waals surface area contributed by atoms with E-state index in [-0.39, 0.29) is 13.6 Å². The fourth-order valence-electron chi connectivity index (χ4n) is 6.02. The highest BCUT2D eigenvalue weighted by Gasteiger charge is 1.99. The lowest BCUT2D eigenvalue weighted by Crippen LogP contribution is -2.05. The second-order valence-corrected chi connectivity index (χ2v) is 15.6. The van der Waals surface area contributed by atoms with Gasteiger partial charge in [-0.1, -0.05) is 209 Å². The van der Waals surface area contributed by atoms with Gasteiger partial charge in [0.15, 0.2) is 0 Å². The van der Waals surface area contributed by atoms with Gasteiger partial charge in [0, 0.05) is 0 Å². The first-order valence-electron chi connectivity index (χ1n) is 19.7. The molecule has 0 aliphatic heterocycles. The number of ether oxygens (including phenoxy) is 3. The largest absolute Gasteiger partial charge is 0.351 e. The quantitative estimate of drug-likeness (QED) is 0.0303. The Hall–Kier alpha value is -0.740. The Morgan fingerprint density at radius 2 is 0.755 bits per heavy atom. The van der Waals surface area contributed by atoms with Crippen LogP contribution in [0.25, 0.3) is 12.2 Å². The summed E-state index contributed by atoms with van der Waals surface area (Å²) in [5, 5.41) is 0. The Kier molecular flexibility index (Phi) is 31.1. The van der Waals surface area contributed by atoms with E-state index in [1.165, 1.54) is 148 Å². The van der Waals surface area contributed by atoms with Crippen LogP contribution in [0.2, 0.25) is 0 Å². The molecule has 5 heteroatoms. The second-order valence-electron chi connectivity index (χ2n) is 13.5. The average Bonchev–Trinajstić information content (AvgIpc) is 3.12. The van der Waals surface area contributed by atoms with Gasteiger partial charge in [-0.05, 0) is 81.8 Å². The number of rotatable bonds is 34. The van der Waals surface area contributed by atoms with Crippen LogP contribution in [0, 0.1) is 0 Å². The van der Waals surface area contributed by atoms with Gasteiger partial charge in [0.1, 0.15) is 13.6 Å². The molecule has 0 aromatic heterocycles. The topological polar surface area (TPSA) is 27.7 Å². The molecular weight excluding hydrogens is 830 g/mol. The van der Waals surface area contributed by atoms with Crippen LogP contribution >= 0.6 is 45.2 Å². The van der Waals surface area contributed by atoms with Crippen molar-refractivity contribution in [2.24, 2.45) is 0 Å². The molecule has 0 heterocycles. The predicted molar refractivity (Wildman–Crippen MR) is 231 cm³/mol. The fraction of sp³-hybridized carbons (Fsp3) is 0.636. The summed E-state index contributed by atoms with van der Waals surface area (Å²) in [4.78, 5) is 0. The monoisotopic (exact) mass is 898 g/mol. The third-order valence-electron chi connectivity index (χ3n) is 8.90. The molecule has 0 saturated heterocycles. The summed E-state index contributed by atoms with van der Waals surface area (Å²) in [7, 11) is 0. The van der Waals surface area contributed by atoms with Crippen molar-refractivity contribution in [2.45, 2.75) is 154 Å². The van der Waals surface area contributed by atoms with Gasteiger partial charge in [-0.25, -0.2) is 0 Å². The second kappa shape index (κ2) is 34.4. The van der Waals surface area contributed by atoms with Crippen LogP contribution in [0.1, 0.15) is 164 Å². The van der Waals surface area contributed by atoms with E-state index in [9.17, 15) is 0 Å². The number of alkyl halides is 2. The van der Waals surface area contributed by atoms with Crippen LogP contribution in [0.4, 0.5) is 0 Å². The van der Waals surface area contributed by atoms with Gasteiger partial charge < -0.3 is 14.2 Å². The zero-order chi connectivity index (χ0) is 34.7. The van der Waals surface area contributed by atoms with Crippen molar-refractivity contribution >= 4 is 57.3 Å². The van der Waals surface area contributed by atoms with Crippen LogP contribution < -0.4 is 0 Å². The van der Waals surface area contributed by atoms with Crippen LogP contribution in [0.5, 0.6) is 0 Å². The molecule has 0 bridgehead atoms. The molecule has 0 spiro atoms. The highest BCUT2D eigenvalue weighted by atomic mass is 127. The van der Waals surface area contributed by atoms with Gasteiger partial charge >= 0.3 is 0 Å². The maximum absolute atomic E-state index is 5.75. The van der Waals surface area contributed by atoms with Gasteiger partial charge in [0.25, 0.3) is 0 Å². The van der Waals surface area contributed by atoms with Gasteiger partial charge in [-0.15, -0.1) is 0 Å². The molecule has 2 aromatic rings. The molecule has 0 saturated carbocycles. The Labute approximate surface area is 329 Å². The van der Waals surface area contributed by atoms with Crippen molar-refractivity contribution in [1.29, 1.82) is 0 Å². The minimum Gasteiger partial charge on any atom is -0.351 e. The molecule has 0 atom stereocenters. The van der Waals surface area contributed by atoms with Crippen molar-refractivity contribution in [3.05, 3.63) is 82.9 Å². The molecule has 0 aliphatic rings. The van der Waals surface area contributed by atoms with Crippen LogP contribution in [0.15, 0.2) is 60.7 Å². The standard InChI is InChI=1S/C44H68I2O3/c45-33-23-19-15-11-7-3-1-5-9-13-17-21-27-41-29-25-31-43(35-41)37-47-39-49-40-48-38-44-32-26-30-42(36-44)28-22-18-14-10-6-2-4-8-12-16-20-24-34-46/h21-22,25-32,35-36H,1-20,23-24,33-34,37-40H2. The number of unbranched alkanes of at least 4 members (excludes halogenated alkanes) is 20. The molecule has 2 aromatic carbocycles. The van der Waals surface area contributed by atoms with E-state index in [2.05, 4.69) is 118 Å². The molecule has 0 N–H and O–H groups in total. The summed E-state index contributed by atoms with van der Waals surface area (Å²) in [6.45, 7) is 1.52. The Bertz CT molecular complexity index is 986.